The highest BCUT2D eigenvalue weighted by Gasteiger charge is 2.23. The second-order valence-electron chi connectivity index (χ2n) is 3.37. The summed E-state index contributed by atoms with van der Waals surface area (Å²) in [6.07, 6.45) is 3.18. The van der Waals surface area contributed by atoms with Gasteiger partial charge in [0.1, 0.15) is 6.29 Å². The Labute approximate surface area is 78.2 Å². The smallest absolute Gasteiger partial charge is 0.142 e. The van der Waals surface area contributed by atoms with Crippen LogP contribution in [-0.4, -0.2) is 18.9 Å². The number of carbonyl (C=O) groups is 1. The van der Waals surface area contributed by atoms with Crippen molar-refractivity contribution in [3.8, 4) is 0 Å². The van der Waals surface area contributed by atoms with Crippen molar-refractivity contribution in [1.29, 1.82) is 0 Å². The van der Waals surface area contributed by atoms with E-state index < -0.39 is 0 Å². The minimum atomic E-state index is 0.0994. The average Bonchev–Trinajstić information content (AvgIpc) is 2.67. The number of nitrogens with zero attached hydrogens (tertiary/aromatic N) is 1. The second-order valence-corrected chi connectivity index (χ2v) is 3.37. The maximum Gasteiger partial charge on any atom is 0.142 e. The molecule has 1 aromatic rings. The fourth-order valence-corrected chi connectivity index (χ4v) is 1.87. The molecule has 1 saturated heterocycles. The summed E-state index contributed by atoms with van der Waals surface area (Å²) < 4.78 is 0. The highest BCUT2D eigenvalue weighted by molar-refractivity contribution is 5.67. The molecule has 1 atom stereocenters. The molecule has 0 amide bonds. The first-order valence-electron chi connectivity index (χ1n) is 4.69. The molecular formula is C11H13NO. The summed E-state index contributed by atoms with van der Waals surface area (Å²) in [6, 6.07) is 10.2. The number of carbonyl (C=O) groups excluding carboxylic acids is 1. The van der Waals surface area contributed by atoms with Gasteiger partial charge in [-0.3, -0.25) is 0 Å². The van der Waals surface area contributed by atoms with Crippen LogP contribution in [0.2, 0.25) is 0 Å². The second kappa shape index (κ2) is 3.60. The maximum atomic E-state index is 10.7. The van der Waals surface area contributed by atoms with E-state index in [1.54, 1.807) is 0 Å². The van der Waals surface area contributed by atoms with Crippen LogP contribution in [0, 0.1) is 0 Å². The molecule has 1 heterocycles. The molecular weight excluding hydrogens is 162 g/mol. The van der Waals surface area contributed by atoms with Crippen molar-refractivity contribution in [3.63, 3.8) is 0 Å². The molecule has 0 saturated carbocycles. The van der Waals surface area contributed by atoms with E-state index in [0.717, 1.165) is 31.4 Å². The first kappa shape index (κ1) is 8.30. The number of anilines is 1. The van der Waals surface area contributed by atoms with Crippen LogP contribution in [0.25, 0.3) is 0 Å². The fourth-order valence-electron chi connectivity index (χ4n) is 1.87. The summed E-state index contributed by atoms with van der Waals surface area (Å²) in [6.45, 7) is 1.01. The molecule has 1 fully saturated rings. The number of benzene rings is 1. The first-order chi connectivity index (χ1) is 6.42. The molecule has 2 nitrogen and oxygen atoms in total. The SMILES string of the molecule is O=C[C@H]1CCCN1c1ccccc1. The largest absolute Gasteiger partial charge is 0.362 e. The molecule has 0 spiro atoms. The third-order valence-electron chi connectivity index (χ3n) is 2.54. The van der Waals surface area contributed by atoms with E-state index in [-0.39, 0.29) is 6.04 Å². The lowest BCUT2D eigenvalue weighted by Crippen LogP contribution is -2.29. The van der Waals surface area contributed by atoms with Crippen LogP contribution >= 0.6 is 0 Å². The lowest BCUT2D eigenvalue weighted by molar-refractivity contribution is -0.108. The maximum absolute atomic E-state index is 10.7. The van der Waals surface area contributed by atoms with Crippen LogP contribution in [0.3, 0.4) is 0 Å². The van der Waals surface area contributed by atoms with Gasteiger partial charge < -0.3 is 9.69 Å². The summed E-state index contributed by atoms with van der Waals surface area (Å²) in [5.41, 5.74) is 1.16. The Bertz CT molecular complexity index is 283. The molecule has 0 bridgehead atoms. The van der Waals surface area contributed by atoms with Gasteiger partial charge in [-0.2, -0.15) is 0 Å². The zero-order valence-electron chi connectivity index (χ0n) is 7.52. The van der Waals surface area contributed by atoms with Crippen molar-refractivity contribution in [2.45, 2.75) is 18.9 Å². The Kier molecular flexibility index (Phi) is 2.30. The van der Waals surface area contributed by atoms with E-state index in [9.17, 15) is 4.79 Å². The summed E-state index contributed by atoms with van der Waals surface area (Å²) in [5, 5.41) is 0. The van der Waals surface area contributed by atoms with Crippen molar-refractivity contribution < 1.29 is 4.79 Å². The molecule has 1 aliphatic heterocycles. The Morgan fingerprint density at radius 2 is 2.08 bits per heavy atom. The van der Waals surface area contributed by atoms with E-state index in [0.29, 0.717) is 0 Å². The number of rotatable bonds is 2. The Morgan fingerprint density at radius 1 is 1.31 bits per heavy atom. The monoisotopic (exact) mass is 175 g/mol. The van der Waals surface area contributed by atoms with Gasteiger partial charge in [0.2, 0.25) is 0 Å². The van der Waals surface area contributed by atoms with Crippen molar-refractivity contribution in [2.75, 3.05) is 11.4 Å². The summed E-state index contributed by atoms with van der Waals surface area (Å²) in [4.78, 5) is 12.9. The molecule has 0 aliphatic carbocycles. The number of hydrogen-bond acceptors (Lipinski definition) is 2. The number of para-hydroxylation sites is 1. The van der Waals surface area contributed by atoms with Gasteiger partial charge in [-0.05, 0) is 25.0 Å². The molecule has 0 N–H and O–H groups in total. The van der Waals surface area contributed by atoms with Gasteiger partial charge in [0.25, 0.3) is 0 Å². The number of aldehydes is 1. The highest BCUT2D eigenvalue weighted by Crippen LogP contribution is 2.23. The Balaban J connectivity index is 2.21. The van der Waals surface area contributed by atoms with Crippen molar-refractivity contribution >= 4 is 12.0 Å². The number of hydrogen-bond donors (Lipinski definition) is 0. The van der Waals surface area contributed by atoms with Crippen LogP contribution in [0.15, 0.2) is 30.3 Å². The van der Waals surface area contributed by atoms with Crippen molar-refractivity contribution in [1.82, 2.24) is 0 Å². The Morgan fingerprint density at radius 3 is 2.77 bits per heavy atom. The first-order valence-corrected chi connectivity index (χ1v) is 4.69. The predicted molar refractivity (Wildman–Crippen MR) is 52.9 cm³/mol. The van der Waals surface area contributed by atoms with Crippen molar-refractivity contribution in [2.24, 2.45) is 0 Å². The zero-order chi connectivity index (χ0) is 9.10. The predicted octanol–water partition coefficient (Wildman–Crippen LogP) is 1.85. The van der Waals surface area contributed by atoms with Gasteiger partial charge in [-0.1, -0.05) is 18.2 Å². The summed E-state index contributed by atoms with van der Waals surface area (Å²) in [7, 11) is 0. The standard InChI is InChI=1S/C11H13NO/c13-9-11-7-4-8-12(11)10-5-2-1-3-6-10/h1-3,5-6,9,11H,4,7-8H2/t11-/m1/s1. The quantitative estimate of drug-likeness (QED) is 0.639. The van der Waals surface area contributed by atoms with E-state index in [2.05, 4.69) is 17.0 Å². The van der Waals surface area contributed by atoms with Crippen LogP contribution in [0.1, 0.15) is 12.8 Å². The normalized spacial score (nSPS) is 21.8. The van der Waals surface area contributed by atoms with Gasteiger partial charge in [-0.15, -0.1) is 0 Å². The highest BCUT2D eigenvalue weighted by atomic mass is 16.1. The van der Waals surface area contributed by atoms with Gasteiger partial charge >= 0.3 is 0 Å². The van der Waals surface area contributed by atoms with E-state index in [1.165, 1.54) is 0 Å². The molecule has 0 aromatic heterocycles. The van der Waals surface area contributed by atoms with Gasteiger partial charge in [0, 0.05) is 12.2 Å². The van der Waals surface area contributed by atoms with Gasteiger partial charge in [0.15, 0.2) is 0 Å². The molecule has 1 aromatic carbocycles. The lowest BCUT2D eigenvalue weighted by atomic mass is 10.2. The van der Waals surface area contributed by atoms with E-state index >= 15 is 0 Å². The Hall–Kier alpha value is -1.31. The van der Waals surface area contributed by atoms with Crippen LogP contribution in [-0.2, 0) is 4.79 Å². The van der Waals surface area contributed by atoms with Crippen LogP contribution in [0.5, 0.6) is 0 Å². The van der Waals surface area contributed by atoms with Gasteiger partial charge in [-0.25, -0.2) is 0 Å². The van der Waals surface area contributed by atoms with Crippen LogP contribution in [0.4, 0.5) is 5.69 Å². The summed E-state index contributed by atoms with van der Waals surface area (Å²) >= 11 is 0. The lowest BCUT2D eigenvalue weighted by Gasteiger charge is -2.22. The minimum absolute atomic E-state index is 0.0994. The van der Waals surface area contributed by atoms with E-state index in [4.69, 9.17) is 0 Å². The average molecular weight is 175 g/mol. The van der Waals surface area contributed by atoms with Crippen molar-refractivity contribution in [3.05, 3.63) is 30.3 Å². The topological polar surface area (TPSA) is 20.3 Å². The fraction of sp³-hybridized carbons (Fsp3) is 0.364. The molecule has 1 aliphatic rings. The molecule has 2 rings (SSSR count). The minimum Gasteiger partial charge on any atom is -0.362 e. The summed E-state index contributed by atoms with van der Waals surface area (Å²) in [5.74, 6) is 0. The molecule has 68 valence electrons. The molecule has 13 heavy (non-hydrogen) atoms. The molecule has 2 heteroatoms. The third kappa shape index (κ3) is 1.57. The van der Waals surface area contributed by atoms with E-state index in [1.807, 2.05) is 18.2 Å². The van der Waals surface area contributed by atoms with Gasteiger partial charge in [0.05, 0.1) is 6.04 Å². The third-order valence-corrected chi connectivity index (χ3v) is 2.54. The van der Waals surface area contributed by atoms with Crippen LogP contribution < -0.4 is 4.90 Å². The molecule has 0 unspecified atom stereocenters. The molecule has 0 radical (unpaired) electrons. The zero-order valence-corrected chi connectivity index (χ0v) is 7.52.